The number of ketones is 1. The van der Waals surface area contributed by atoms with Crippen molar-refractivity contribution in [2.75, 3.05) is 10.2 Å². The van der Waals surface area contributed by atoms with Crippen molar-refractivity contribution in [1.29, 1.82) is 5.26 Å². The quantitative estimate of drug-likeness (QED) is 0.453. The van der Waals surface area contributed by atoms with E-state index in [4.69, 9.17) is 5.73 Å². The molecule has 38 heavy (non-hydrogen) atoms. The number of carbonyl (C=O) groups is 2. The normalized spacial score (nSPS) is 20.5. The van der Waals surface area contributed by atoms with Crippen molar-refractivity contribution in [3.63, 3.8) is 0 Å². The molecule has 11 heteroatoms. The number of anilines is 2. The van der Waals surface area contributed by atoms with Crippen LogP contribution in [0.2, 0.25) is 0 Å². The van der Waals surface area contributed by atoms with Crippen LogP contribution in [0, 0.1) is 24.1 Å². The van der Waals surface area contributed by atoms with E-state index in [0.717, 1.165) is 5.56 Å². The molecule has 3 heterocycles. The second kappa shape index (κ2) is 9.08. The summed E-state index contributed by atoms with van der Waals surface area (Å²) >= 11 is 2.82. The summed E-state index contributed by atoms with van der Waals surface area (Å²) in [4.78, 5) is 28.7. The Balaban J connectivity index is 1.47. The van der Waals surface area contributed by atoms with Crippen LogP contribution in [-0.2, 0) is 20.8 Å². The van der Waals surface area contributed by atoms with Gasteiger partial charge in [0.1, 0.15) is 23.1 Å². The standard InChI is InChI=1S/C27H21FN6O2S2/c1-14-4-2-5-15(10-14)13-37-26-33-32-25(38-26)34-20-6-3-7-21(35)22(20)27(18(12-29)23(34)30)17-11-16(28)8-9-19(17)31-24(27)36/h2,4-5,8-11H,3,6-7,13,30H2,1H3,(H,31,36). The number of nitrogens with one attached hydrogen (secondary N) is 1. The van der Waals surface area contributed by atoms with Crippen LogP contribution in [0.4, 0.5) is 15.2 Å². The molecule has 6 rings (SSSR count). The minimum Gasteiger partial charge on any atom is -0.384 e. The fourth-order valence-electron chi connectivity index (χ4n) is 5.48. The number of amides is 1. The Morgan fingerprint density at radius 1 is 1.24 bits per heavy atom. The lowest BCUT2D eigenvalue weighted by molar-refractivity contribution is -0.122. The number of Topliss-reactive ketones (excluding diaryl/α,β-unsaturated/α-hetero) is 1. The summed E-state index contributed by atoms with van der Waals surface area (Å²) in [6.45, 7) is 2.04. The van der Waals surface area contributed by atoms with E-state index in [9.17, 15) is 19.2 Å². The van der Waals surface area contributed by atoms with Crippen molar-refractivity contribution in [2.45, 2.75) is 41.7 Å². The summed E-state index contributed by atoms with van der Waals surface area (Å²) in [5.41, 5.74) is 8.22. The Morgan fingerprint density at radius 3 is 2.87 bits per heavy atom. The minimum absolute atomic E-state index is 0.0143. The van der Waals surface area contributed by atoms with Gasteiger partial charge in [-0.15, -0.1) is 10.2 Å². The zero-order valence-electron chi connectivity index (χ0n) is 20.2. The van der Waals surface area contributed by atoms with Crippen LogP contribution in [0.15, 0.2) is 69.5 Å². The first-order chi connectivity index (χ1) is 18.3. The maximum Gasteiger partial charge on any atom is 0.245 e. The SMILES string of the molecule is Cc1cccc(CSc2nnc(N3C(N)=C(C#N)C4(C(=O)Nc5ccc(F)cc54)C4=C3CCCC4=O)s2)c1. The number of rotatable bonds is 4. The Labute approximate surface area is 226 Å². The number of allylic oxidation sites excluding steroid dienone is 1. The Morgan fingerprint density at radius 2 is 2.08 bits per heavy atom. The van der Waals surface area contributed by atoms with Crippen LogP contribution in [0.25, 0.3) is 0 Å². The third-order valence-corrected chi connectivity index (χ3v) is 9.13. The van der Waals surface area contributed by atoms with Crippen LogP contribution in [0.5, 0.6) is 0 Å². The third kappa shape index (κ3) is 3.55. The van der Waals surface area contributed by atoms with Crippen molar-refractivity contribution in [1.82, 2.24) is 10.2 Å². The number of aromatic nitrogens is 2. The molecule has 8 nitrogen and oxygen atoms in total. The fraction of sp³-hybridized carbons (Fsp3) is 0.222. The zero-order valence-corrected chi connectivity index (χ0v) is 21.9. The molecule has 1 atom stereocenters. The number of hydrogen-bond donors (Lipinski definition) is 2. The van der Waals surface area contributed by atoms with Gasteiger partial charge in [0.15, 0.2) is 10.1 Å². The molecule has 1 aliphatic carbocycles. The molecule has 0 bridgehead atoms. The molecule has 3 N–H and O–H groups in total. The van der Waals surface area contributed by atoms with Crippen molar-refractivity contribution >= 4 is 45.6 Å². The predicted octanol–water partition coefficient (Wildman–Crippen LogP) is 4.69. The lowest BCUT2D eigenvalue weighted by Crippen LogP contribution is -2.50. The maximum atomic E-state index is 14.4. The molecule has 0 radical (unpaired) electrons. The highest BCUT2D eigenvalue weighted by molar-refractivity contribution is 8.00. The first-order valence-electron chi connectivity index (χ1n) is 11.9. The van der Waals surface area contributed by atoms with E-state index in [0.29, 0.717) is 39.5 Å². The largest absolute Gasteiger partial charge is 0.384 e. The molecule has 1 spiro atoms. The number of thioether (sulfide) groups is 1. The molecule has 3 aromatic rings. The molecule has 1 aromatic heterocycles. The number of nitrogens with zero attached hydrogens (tertiary/aromatic N) is 4. The molecule has 1 unspecified atom stereocenters. The number of fused-ring (bicyclic) bond motifs is 3. The molecule has 3 aliphatic rings. The molecule has 2 aromatic carbocycles. The van der Waals surface area contributed by atoms with Gasteiger partial charge in [-0.3, -0.25) is 14.5 Å². The highest BCUT2D eigenvalue weighted by Crippen LogP contribution is 2.55. The third-order valence-electron chi connectivity index (χ3n) is 7.02. The highest BCUT2D eigenvalue weighted by atomic mass is 32.2. The van der Waals surface area contributed by atoms with Crippen LogP contribution in [0.3, 0.4) is 0 Å². The van der Waals surface area contributed by atoms with Crippen molar-refractivity contribution in [3.8, 4) is 6.07 Å². The first-order valence-corrected chi connectivity index (χ1v) is 13.8. The summed E-state index contributed by atoms with van der Waals surface area (Å²) < 4.78 is 15.1. The Bertz CT molecular complexity index is 1640. The second-order valence-electron chi connectivity index (χ2n) is 9.33. The van der Waals surface area contributed by atoms with Gasteiger partial charge in [-0.05, 0) is 43.5 Å². The Hall–Kier alpha value is -4.01. The van der Waals surface area contributed by atoms with Gasteiger partial charge in [0.05, 0.1) is 5.57 Å². The topological polar surface area (TPSA) is 125 Å². The molecular weight excluding hydrogens is 523 g/mol. The van der Waals surface area contributed by atoms with Gasteiger partial charge in [-0.25, -0.2) is 4.39 Å². The number of nitriles is 1. The highest BCUT2D eigenvalue weighted by Gasteiger charge is 2.60. The molecular formula is C27H21FN6O2S2. The van der Waals surface area contributed by atoms with Gasteiger partial charge in [0.2, 0.25) is 11.0 Å². The molecule has 0 saturated heterocycles. The predicted molar refractivity (Wildman–Crippen MR) is 143 cm³/mol. The smallest absolute Gasteiger partial charge is 0.245 e. The summed E-state index contributed by atoms with van der Waals surface area (Å²) in [5.74, 6) is -0.764. The van der Waals surface area contributed by atoms with Gasteiger partial charge in [-0.2, -0.15) is 5.26 Å². The number of carbonyl (C=O) groups excluding carboxylic acids is 2. The van der Waals surface area contributed by atoms with Gasteiger partial charge in [-0.1, -0.05) is 52.9 Å². The summed E-state index contributed by atoms with van der Waals surface area (Å²) in [6.07, 6.45) is 1.19. The number of aryl methyl sites for hydroxylation is 1. The van der Waals surface area contributed by atoms with Crippen molar-refractivity contribution in [2.24, 2.45) is 5.73 Å². The molecule has 0 fully saturated rings. The fourth-order valence-corrected chi connectivity index (χ4v) is 7.30. The second-order valence-corrected chi connectivity index (χ2v) is 11.5. The molecule has 1 amide bonds. The number of benzene rings is 2. The summed E-state index contributed by atoms with van der Waals surface area (Å²) in [7, 11) is 0. The Kier molecular flexibility index (Phi) is 5.81. The number of hydrogen-bond acceptors (Lipinski definition) is 9. The summed E-state index contributed by atoms with van der Waals surface area (Å²) in [6, 6.07) is 14.1. The van der Waals surface area contributed by atoms with E-state index in [1.54, 1.807) is 4.90 Å². The first kappa shape index (κ1) is 24.3. The van der Waals surface area contributed by atoms with Crippen LogP contribution >= 0.6 is 23.1 Å². The van der Waals surface area contributed by atoms with Gasteiger partial charge in [0.25, 0.3) is 0 Å². The average Bonchev–Trinajstić information content (AvgIpc) is 3.46. The van der Waals surface area contributed by atoms with Crippen LogP contribution in [-0.4, -0.2) is 21.9 Å². The van der Waals surface area contributed by atoms with Crippen LogP contribution in [0.1, 0.15) is 36.0 Å². The van der Waals surface area contributed by atoms with E-state index < -0.39 is 17.1 Å². The van der Waals surface area contributed by atoms with Crippen molar-refractivity contribution in [3.05, 3.63) is 87.6 Å². The van der Waals surface area contributed by atoms with E-state index in [2.05, 4.69) is 27.6 Å². The zero-order chi connectivity index (χ0) is 26.6. The van der Waals surface area contributed by atoms with E-state index in [1.807, 2.05) is 25.1 Å². The van der Waals surface area contributed by atoms with E-state index >= 15 is 0 Å². The maximum absolute atomic E-state index is 14.4. The van der Waals surface area contributed by atoms with Gasteiger partial charge in [0, 0.05) is 34.7 Å². The van der Waals surface area contributed by atoms with Gasteiger partial charge < -0.3 is 11.1 Å². The van der Waals surface area contributed by atoms with Crippen molar-refractivity contribution < 1.29 is 14.0 Å². The minimum atomic E-state index is -1.81. The summed E-state index contributed by atoms with van der Waals surface area (Å²) in [5, 5.41) is 22.1. The lowest BCUT2D eigenvalue weighted by atomic mass is 9.64. The monoisotopic (exact) mass is 544 g/mol. The van der Waals surface area contributed by atoms with Gasteiger partial charge >= 0.3 is 0 Å². The average molecular weight is 545 g/mol. The van der Waals surface area contributed by atoms with E-state index in [1.165, 1.54) is 46.9 Å². The molecule has 2 aliphatic heterocycles. The number of halogens is 1. The van der Waals surface area contributed by atoms with Crippen LogP contribution < -0.4 is 16.0 Å². The molecule has 190 valence electrons. The lowest BCUT2D eigenvalue weighted by Gasteiger charge is -2.42. The van der Waals surface area contributed by atoms with E-state index in [-0.39, 0.29) is 34.7 Å². The molecule has 0 saturated carbocycles. The number of nitrogens with two attached hydrogens (primary N) is 1.